The minimum absolute atomic E-state index is 0.562. The molecule has 2 heterocycles. The standard InChI is InChI=1S/C7H13N5/c1-6-9-10-11-12(6)5-7-3-2-4-8-7/h7-8H,2-5H2,1H3/t7-/m0/s1. The molecule has 5 heteroatoms. The number of hydrogen-bond donors (Lipinski definition) is 1. The quantitative estimate of drug-likeness (QED) is 0.659. The van der Waals surface area contributed by atoms with Gasteiger partial charge in [-0.15, -0.1) is 5.10 Å². The Morgan fingerprint density at radius 1 is 1.67 bits per heavy atom. The largest absolute Gasteiger partial charge is 0.312 e. The minimum atomic E-state index is 0.562. The van der Waals surface area contributed by atoms with Crippen molar-refractivity contribution in [2.75, 3.05) is 6.54 Å². The lowest BCUT2D eigenvalue weighted by Crippen LogP contribution is -2.27. The summed E-state index contributed by atoms with van der Waals surface area (Å²) in [6.45, 7) is 3.96. The van der Waals surface area contributed by atoms with Gasteiger partial charge in [0.25, 0.3) is 0 Å². The Labute approximate surface area is 71.1 Å². The molecule has 1 aliphatic heterocycles. The lowest BCUT2D eigenvalue weighted by Gasteiger charge is -2.09. The molecule has 2 rings (SSSR count). The monoisotopic (exact) mass is 167 g/mol. The summed E-state index contributed by atoms with van der Waals surface area (Å²) < 4.78 is 1.85. The smallest absolute Gasteiger partial charge is 0.148 e. The Bertz CT molecular complexity index is 250. The van der Waals surface area contributed by atoms with Crippen LogP contribution < -0.4 is 5.32 Å². The van der Waals surface area contributed by atoms with Crippen molar-refractivity contribution in [1.82, 2.24) is 25.5 Å². The molecule has 1 atom stereocenters. The Morgan fingerprint density at radius 2 is 2.58 bits per heavy atom. The van der Waals surface area contributed by atoms with Gasteiger partial charge in [-0.25, -0.2) is 4.68 Å². The van der Waals surface area contributed by atoms with Gasteiger partial charge in [0.2, 0.25) is 0 Å². The Hall–Kier alpha value is -0.970. The zero-order valence-electron chi connectivity index (χ0n) is 7.19. The number of hydrogen-bond acceptors (Lipinski definition) is 4. The van der Waals surface area contributed by atoms with E-state index in [9.17, 15) is 0 Å². The van der Waals surface area contributed by atoms with Gasteiger partial charge in [0.1, 0.15) is 5.82 Å². The molecule has 66 valence electrons. The van der Waals surface area contributed by atoms with Gasteiger partial charge in [-0.05, 0) is 36.7 Å². The summed E-state index contributed by atoms with van der Waals surface area (Å²) in [5.41, 5.74) is 0. The van der Waals surface area contributed by atoms with Crippen LogP contribution in [0.1, 0.15) is 18.7 Å². The highest BCUT2D eigenvalue weighted by Crippen LogP contribution is 2.06. The molecule has 0 spiro atoms. The third kappa shape index (κ3) is 1.45. The average molecular weight is 167 g/mol. The van der Waals surface area contributed by atoms with E-state index in [0.717, 1.165) is 18.9 Å². The fourth-order valence-electron chi connectivity index (χ4n) is 1.54. The van der Waals surface area contributed by atoms with Crippen LogP contribution in [0, 0.1) is 6.92 Å². The second-order valence-electron chi connectivity index (χ2n) is 3.20. The van der Waals surface area contributed by atoms with Crippen LogP contribution in [0.2, 0.25) is 0 Å². The predicted octanol–water partition coefficient (Wildman–Crippen LogP) is -0.266. The third-order valence-electron chi connectivity index (χ3n) is 2.27. The van der Waals surface area contributed by atoms with Crippen molar-refractivity contribution in [3.8, 4) is 0 Å². The fraction of sp³-hybridized carbons (Fsp3) is 0.857. The summed E-state index contributed by atoms with van der Waals surface area (Å²) in [6.07, 6.45) is 2.51. The van der Waals surface area contributed by atoms with Crippen LogP contribution in [0.3, 0.4) is 0 Å². The van der Waals surface area contributed by atoms with E-state index in [0.29, 0.717) is 6.04 Å². The van der Waals surface area contributed by atoms with Crippen molar-refractivity contribution in [1.29, 1.82) is 0 Å². The summed E-state index contributed by atoms with van der Waals surface area (Å²) >= 11 is 0. The second-order valence-corrected chi connectivity index (χ2v) is 3.20. The summed E-state index contributed by atoms with van der Waals surface area (Å²) in [6, 6.07) is 0.562. The lowest BCUT2D eigenvalue weighted by atomic mass is 10.2. The van der Waals surface area contributed by atoms with E-state index in [-0.39, 0.29) is 0 Å². The summed E-state index contributed by atoms with van der Waals surface area (Å²) in [5.74, 6) is 0.892. The molecule has 1 aromatic heterocycles. The summed E-state index contributed by atoms with van der Waals surface area (Å²) in [5, 5.41) is 14.7. The first-order valence-electron chi connectivity index (χ1n) is 4.32. The molecule has 1 aliphatic rings. The molecule has 1 aromatic rings. The van der Waals surface area contributed by atoms with Gasteiger partial charge in [-0.3, -0.25) is 0 Å². The number of nitrogens with zero attached hydrogens (tertiary/aromatic N) is 4. The van der Waals surface area contributed by atoms with Crippen molar-refractivity contribution < 1.29 is 0 Å². The number of rotatable bonds is 2. The zero-order valence-corrected chi connectivity index (χ0v) is 7.19. The molecule has 0 unspecified atom stereocenters. The third-order valence-corrected chi connectivity index (χ3v) is 2.27. The van der Waals surface area contributed by atoms with Gasteiger partial charge in [0.05, 0.1) is 6.54 Å². The molecule has 5 nitrogen and oxygen atoms in total. The van der Waals surface area contributed by atoms with Crippen LogP contribution in [0.4, 0.5) is 0 Å². The van der Waals surface area contributed by atoms with Crippen LogP contribution in [0.5, 0.6) is 0 Å². The van der Waals surface area contributed by atoms with Crippen molar-refractivity contribution in [3.05, 3.63) is 5.82 Å². The highest BCUT2D eigenvalue weighted by Gasteiger charge is 2.15. The van der Waals surface area contributed by atoms with E-state index in [1.165, 1.54) is 12.8 Å². The van der Waals surface area contributed by atoms with Gasteiger partial charge in [-0.2, -0.15) is 0 Å². The molecule has 0 aliphatic carbocycles. The molecule has 1 N–H and O–H groups in total. The van der Waals surface area contributed by atoms with Crippen LogP contribution in [-0.4, -0.2) is 32.8 Å². The summed E-state index contributed by atoms with van der Waals surface area (Å²) in [4.78, 5) is 0. The van der Waals surface area contributed by atoms with Gasteiger partial charge in [0.15, 0.2) is 0 Å². The van der Waals surface area contributed by atoms with Gasteiger partial charge in [-0.1, -0.05) is 0 Å². The normalized spacial score (nSPS) is 23.2. The molecule has 0 bridgehead atoms. The first-order chi connectivity index (χ1) is 5.86. The molecule has 0 saturated carbocycles. The number of aryl methyl sites for hydroxylation is 1. The molecule has 0 amide bonds. The fourth-order valence-corrected chi connectivity index (χ4v) is 1.54. The number of tetrazole rings is 1. The maximum Gasteiger partial charge on any atom is 0.148 e. The van der Waals surface area contributed by atoms with Crippen molar-refractivity contribution >= 4 is 0 Å². The SMILES string of the molecule is Cc1nnnn1C[C@@H]1CCCN1. The zero-order chi connectivity index (χ0) is 8.39. The lowest BCUT2D eigenvalue weighted by molar-refractivity contribution is 0.459. The van der Waals surface area contributed by atoms with Crippen LogP contribution in [0.15, 0.2) is 0 Å². The Kier molecular flexibility index (Phi) is 2.03. The van der Waals surface area contributed by atoms with Crippen LogP contribution in [0.25, 0.3) is 0 Å². The number of nitrogens with one attached hydrogen (secondary N) is 1. The van der Waals surface area contributed by atoms with Crippen molar-refractivity contribution in [3.63, 3.8) is 0 Å². The van der Waals surface area contributed by atoms with E-state index in [1.807, 2.05) is 11.6 Å². The molecule has 1 saturated heterocycles. The van der Waals surface area contributed by atoms with Crippen LogP contribution >= 0.6 is 0 Å². The molecular weight excluding hydrogens is 154 g/mol. The van der Waals surface area contributed by atoms with Gasteiger partial charge < -0.3 is 5.32 Å². The topological polar surface area (TPSA) is 55.6 Å². The molecule has 12 heavy (non-hydrogen) atoms. The van der Waals surface area contributed by atoms with Crippen LogP contribution in [-0.2, 0) is 6.54 Å². The first-order valence-corrected chi connectivity index (χ1v) is 4.32. The molecular formula is C7H13N5. The first kappa shape index (κ1) is 7.67. The number of aromatic nitrogens is 4. The van der Waals surface area contributed by atoms with E-state index in [4.69, 9.17) is 0 Å². The molecule has 0 aromatic carbocycles. The maximum atomic E-state index is 3.89. The maximum absolute atomic E-state index is 3.89. The molecule has 1 fully saturated rings. The second kappa shape index (κ2) is 3.18. The minimum Gasteiger partial charge on any atom is -0.312 e. The highest BCUT2D eigenvalue weighted by molar-refractivity contribution is 4.79. The van der Waals surface area contributed by atoms with E-state index < -0.39 is 0 Å². The average Bonchev–Trinajstić information content (AvgIpc) is 2.65. The summed E-state index contributed by atoms with van der Waals surface area (Å²) in [7, 11) is 0. The van der Waals surface area contributed by atoms with Gasteiger partial charge >= 0.3 is 0 Å². The predicted molar refractivity (Wildman–Crippen MR) is 43.6 cm³/mol. The van der Waals surface area contributed by atoms with E-state index >= 15 is 0 Å². The van der Waals surface area contributed by atoms with E-state index in [1.54, 1.807) is 0 Å². The van der Waals surface area contributed by atoms with Gasteiger partial charge in [0, 0.05) is 6.04 Å². The highest BCUT2D eigenvalue weighted by atomic mass is 15.5. The van der Waals surface area contributed by atoms with Crippen molar-refractivity contribution in [2.45, 2.75) is 32.4 Å². The Balaban J connectivity index is 1.98. The Morgan fingerprint density at radius 3 is 3.17 bits per heavy atom. The molecule has 0 radical (unpaired) electrons. The van der Waals surface area contributed by atoms with Crippen molar-refractivity contribution in [2.24, 2.45) is 0 Å². The van der Waals surface area contributed by atoms with E-state index in [2.05, 4.69) is 20.8 Å².